The standard InChI is InChI=1S/C14H25N5OS/c1-10(2)19(11-7-5-4-6-8-11)12(20)9-21-14-17-16-13(15)18(14)3/h10-11H,4-9H2,1-3H3,(H2,15,16). The van der Waals surface area contributed by atoms with Crippen LogP contribution in [0.4, 0.5) is 5.95 Å². The van der Waals surface area contributed by atoms with E-state index in [1.54, 1.807) is 4.57 Å². The van der Waals surface area contributed by atoms with Gasteiger partial charge < -0.3 is 10.6 Å². The van der Waals surface area contributed by atoms with Crippen molar-refractivity contribution in [3.63, 3.8) is 0 Å². The first-order valence-electron chi connectivity index (χ1n) is 7.59. The molecule has 1 heterocycles. The van der Waals surface area contributed by atoms with Crippen molar-refractivity contribution in [3.05, 3.63) is 0 Å². The number of carbonyl (C=O) groups is 1. The fourth-order valence-corrected chi connectivity index (χ4v) is 3.71. The third kappa shape index (κ3) is 3.90. The lowest BCUT2D eigenvalue weighted by atomic mass is 9.93. The molecule has 21 heavy (non-hydrogen) atoms. The summed E-state index contributed by atoms with van der Waals surface area (Å²) < 4.78 is 1.71. The van der Waals surface area contributed by atoms with Crippen molar-refractivity contribution in [2.75, 3.05) is 11.5 Å². The maximum atomic E-state index is 12.6. The van der Waals surface area contributed by atoms with Gasteiger partial charge in [0.15, 0.2) is 5.16 Å². The van der Waals surface area contributed by atoms with Crippen molar-refractivity contribution in [2.24, 2.45) is 7.05 Å². The highest BCUT2D eigenvalue weighted by molar-refractivity contribution is 7.99. The van der Waals surface area contributed by atoms with E-state index >= 15 is 0 Å². The molecule has 0 radical (unpaired) electrons. The zero-order valence-corrected chi connectivity index (χ0v) is 13.9. The summed E-state index contributed by atoms with van der Waals surface area (Å²) in [5, 5.41) is 8.48. The van der Waals surface area contributed by atoms with E-state index in [4.69, 9.17) is 5.73 Å². The third-order valence-corrected chi connectivity index (χ3v) is 5.01. The zero-order chi connectivity index (χ0) is 15.4. The summed E-state index contributed by atoms with van der Waals surface area (Å²) in [5.41, 5.74) is 5.65. The van der Waals surface area contributed by atoms with Gasteiger partial charge in [-0.3, -0.25) is 9.36 Å². The van der Waals surface area contributed by atoms with Crippen molar-refractivity contribution in [1.82, 2.24) is 19.7 Å². The Balaban J connectivity index is 1.97. The second kappa shape index (κ2) is 7.15. The van der Waals surface area contributed by atoms with E-state index in [2.05, 4.69) is 28.9 Å². The number of nitrogen functional groups attached to an aromatic ring is 1. The molecule has 118 valence electrons. The normalized spacial score (nSPS) is 16.4. The van der Waals surface area contributed by atoms with E-state index in [-0.39, 0.29) is 11.9 Å². The summed E-state index contributed by atoms with van der Waals surface area (Å²) >= 11 is 1.40. The number of thioether (sulfide) groups is 1. The zero-order valence-electron chi connectivity index (χ0n) is 13.1. The van der Waals surface area contributed by atoms with E-state index < -0.39 is 0 Å². The maximum Gasteiger partial charge on any atom is 0.233 e. The van der Waals surface area contributed by atoms with Crippen LogP contribution in [0, 0.1) is 0 Å². The molecule has 1 saturated carbocycles. The number of rotatable bonds is 5. The first-order chi connectivity index (χ1) is 10.0. The Bertz CT molecular complexity index is 482. The van der Waals surface area contributed by atoms with Crippen molar-refractivity contribution >= 4 is 23.6 Å². The van der Waals surface area contributed by atoms with Crippen molar-refractivity contribution in [3.8, 4) is 0 Å². The molecule has 1 aromatic rings. The topological polar surface area (TPSA) is 77.0 Å². The van der Waals surface area contributed by atoms with Crippen LogP contribution >= 0.6 is 11.8 Å². The molecular weight excluding hydrogens is 286 g/mol. The Morgan fingerprint density at radius 1 is 1.38 bits per heavy atom. The molecule has 7 heteroatoms. The summed E-state index contributed by atoms with van der Waals surface area (Å²) in [6.07, 6.45) is 6.02. The maximum absolute atomic E-state index is 12.6. The molecule has 0 atom stereocenters. The van der Waals surface area contributed by atoms with Gasteiger partial charge in [-0.2, -0.15) is 0 Å². The Hall–Kier alpha value is -1.24. The molecule has 1 fully saturated rings. The summed E-state index contributed by atoms with van der Waals surface area (Å²) in [5.74, 6) is 0.946. The average Bonchev–Trinajstić information content (AvgIpc) is 2.77. The monoisotopic (exact) mass is 311 g/mol. The number of nitrogens with two attached hydrogens (primary N) is 1. The first-order valence-corrected chi connectivity index (χ1v) is 8.58. The number of nitrogens with zero attached hydrogens (tertiary/aromatic N) is 4. The highest BCUT2D eigenvalue weighted by Gasteiger charge is 2.27. The van der Waals surface area contributed by atoms with Gasteiger partial charge in [0.05, 0.1) is 5.75 Å². The summed E-state index contributed by atoms with van der Waals surface area (Å²) in [6.45, 7) is 4.19. The van der Waals surface area contributed by atoms with Crippen LogP contribution in [0.2, 0.25) is 0 Å². The lowest BCUT2D eigenvalue weighted by molar-refractivity contribution is -0.133. The van der Waals surface area contributed by atoms with Gasteiger partial charge in [0.1, 0.15) is 0 Å². The largest absolute Gasteiger partial charge is 0.368 e. The molecule has 1 aliphatic rings. The van der Waals surface area contributed by atoms with Crippen LogP contribution in [0.5, 0.6) is 0 Å². The van der Waals surface area contributed by atoms with Crippen LogP contribution in [0.3, 0.4) is 0 Å². The predicted molar refractivity (Wildman–Crippen MR) is 85.0 cm³/mol. The number of carbonyl (C=O) groups excluding carboxylic acids is 1. The van der Waals surface area contributed by atoms with Crippen LogP contribution in [-0.4, -0.2) is 43.4 Å². The van der Waals surface area contributed by atoms with Gasteiger partial charge in [0.25, 0.3) is 0 Å². The van der Waals surface area contributed by atoms with Gasteiger partial charge in [0.2, 0.25) is 11.9 Å². The number of aromatic nitrogens is 3. The van der Waals surface area contributed by atoms with Gasteiger partial charge in [-0.25, -0.2) is 0 Å². The second-order valence-corrected chi connectivity index (χ2v) is 6.82. The quantitative estimate of drug-likeness (QED) is 0.842. The molecular formula is C14H25N5OS. The molecule has 0 aliphatic heterocycles. The van der Waals surface area contributed by atoms with Crippen LogP contribution in [0.1, 0.15) is 46.0 Å². The minimum absolute atomic E-state index is 0.184. The SMILES string of the molecule is CC(C)N(C(=O)CSc1nnc(N)n1C)C1CCCCC1. The average molecular weight is 311 g/mol. The highest BCUT2D eigenvalue weighted by Crippen LogP contribution is 2.26. The molecule has 0 saturated heterocycles. The molecule has 0 unspecified atom stereocenters. The second-order valence-electron chi connectivity index (χ2n) is 5.88. The van der Waals surface area contributed by atoms with Gasteiger partial charge in [-0.05, 0) is 26.7 Å². The molecule has 0 aromatic carbocycles. The van der Waals surface area contributed by atoms with E-state index in [1.807, 2.05) is 7.05 Å². The number of hydrogen-bond donors (Lipinski definition) is 1. The first kappa shape index (κ1) is 16.1. The van der Waals surface area contributed by atoms with Gasteiger partial charge >= 0.3 is 0 Å². The fraction of sp³-hybridized carbons (Fsp3) is 0.786. The fourth-order valence-electron chi connectivity index (χ4n) is 2.93. The van der Waals surface area contributed by atoms with E-state index in [0.29, 0.717) is 22.9 Å². The minimum atomic E-state index is 0.184. The van der Waals surface area contributed by atoms with Gasteiger partial charge in [0, 0.05) is 19.1 Å². The van der Waals surface area contributed by atoms with Crippen LogP contribution in [0.25, 0.3) is 0 Å². The summed E-state index contributed by atoms with van der Waals surface area (Å²) in [7, 11) is 1.81. The lowest BCUT2D eigenvalue weighted by Crippen LogP contribution is -2.46. The van der Waals surface area contributed by atoms with Crippen molar-refractivity contribution in [2.45, 2.75) is 63.2 Å². The Labute approximate surface area is 130 Å². The van der Waals surface area contributed by atoms with Gasteiger partial charge in [-0.15, -0.1) is 10.2 Å². The highest BCUT2D eigenvalue weighted by atomic mass is 32.2. The summed E-state index contributed by atoms with van der Waals surface area (Å²) in [4.78, 5) is 14.7. The Morgan fingerprint density at radius 3 is 2.57 bits per heavy atom. The van der Waals surface area contributed by atoms with Crippen LogP contribution in [0.15, 0.2) is 5.16 Å². The van der Waals surface area contributed by atoms with E-state index in [0.717, 1.165) is 12.8 Å². The summed E-state index contributed by atoms with van der Waals surface area (Å²) in [6, 6.07) is 0.641. The predicted octanol–water partition coefficient (Wildman–Crippen LogP) is 2.06. The van der Waals surface area contributed by atoms with Crippen molar-refractivity contribution in [1.29, 1.82) is 0 Å². The molecule has 2 N–H and O–H groups in total. The third-order valence-electron chi connectivity index (χ3n) is 4.01. The molecule has 2 rings (SSSR count). The number of amides is 1. The van der Waals surface area contributed by atoms with Crippen molar-refractivity contribution < 1.29 is 4.79 Å². The van der Waals surface area contributed by atoms with Gasteiger partial charge in [-0.1, -0.05) is 31.0 Å². The smallest absolute Gasteiger partial charge is 0.233 e. The lowest BCUT2D eigenvalue weighted by Gasteiger charge is -2.37. The Kier molecular flexibility index (Phi) is 5.50. The number of anilines is 1. The molecule has 6 nitrogen and oxygen atoms in total. The Morgan fingerprint density at radius 2 is 2.05 bits per heavy atom. The van der Waals surface area contributed by atoms with Crippen LogP contribution in [-0.2, 0) is 11.8 Å². The molecule has 0 spiro atoms. The molecule has 1 aliphatic carbocycles. The molecule has 1 aromatic heterocycles. The van der Waals surface area contributed by atoms with E-state index in [1.165, 1.54) is 31.0 Å². The molecule has 1 amide bonds. The van der Waals surface area contributed by atoms with Crippen LogP contribution < -0.4 is 5.73 Å². The number of hydrogen-bond acceptors (Lipinski definition) is 5. The molecule has 0 bridgehead atoms. The minimum Gasteiger partial charge on any atom is -0.368 e. The van der Waals surface area contributed by atoms with E-state index in [9.17, 15) is 4.79 Å².